The van der Waals surface area contributed by atoms with E-state index < -0.39 is 0 Å². The number of benzene rings is 6. The number of hydrogen-bond acceptors (Lipinski definition) is 2. The van der Waals surface area contributed by atoms with Gasteiger partial charge in [0.25, 0.3) is 0 Å². The summed E-state index contributed by atoms with van der Waals surface area (Å²) in [6.07, 6.45) is 0.847. The SMILES string of the molecule is CCc1nc2ccccc2n1-c1cccc(-c2nc3ccccc3c3c2ccc2c3c3ccccc3n2-c2ccccc2)c1. The summed E-state index contributed by atoms with van der Waals surface area (Å²) in [5.74, 6) is 1.05. The van der Waals surface area contributed by atoms with Crippen molar-refractivity contribution in [2.45, 2.75) is 13.3 Å². The van der Waals surface area contributed by atoms with Gasteiger partial charge in [-0.1, -0.05) is 91.9 Å². The number of imidazole rings is 1. The van der Waals surface area contributed by atoms with Crippen molar-refractivity contribution in [2.24, 2.45) is 0 Å². The van der Waals surface area contributed by atoms with Crippen LogP contribution in [0.1, 0.15) is 12.7 Å². The van der Waals surface area contributed by atoms with E-state index in [0.29, 0.717) is 0 Å². The van der Waals surface area contributed by atoms with Gasteiger partial charge in [0.2, 0.25) is 0 Å². The van der Waals surface area contributed by atoms with Crippen LogP contribution in [0, 0.1) is 0 Å². The van der Waals surface area contributed by atoms with Crippen molar-refractivity contribution < 1.29 is 0 Å². The average molecular weight is 565 g/mol. The van der Waals surface area contributed by atoms with E-state index in [1.807, 2.05) is 0 Å². The number of fused-ring (bicyclic) bond motifs is 8. The van der Waals surface area contributed by atoms with Gasteiger partial charge in [0.15, 0.2) is 0 Å². The fourth-order valence-electron chi connectivity index (χ4n) is 6.97. The lowest BCUT2D eigenvalue weighted by atomic mass is 9.96. The highest BCUT2D eigenvalue weighted by atomic mass is 15.1. The van der Waals surface area contributed by atoms with E-state index in [4.69, 9.17) is 9.97 Å². The number of para-hydroxylation sites is 5. The summed E-state index contributed by atoms with van der Waals surface area (Å²) in [5, 5.41) is 6.05. The Morgan fingerprint density at radius 3 is 2.02 bits per heavy atom. The van der Waals surface area contributed by atoms with Crippen molar-refractivity contribution in [2.75, 3.05) is 0 Å². The molecule has 4 heteroatoms. The zero-order valence-electron chi connectivity index (χ0n) is 24.3. The summed E-state index contributed by atoms with van der Waals surface area (Å²) in [4.78, 5) is 10.3. The molecule has 0 aliphatic carbocycles. The highest BCUT2D eigenvalue weighted by molar-refractivity contribution is 6.29. The molecule has 3 heterocycles. The standard InChI is InChI=1S/C40H28N4/c1-2-37-41-33-20-9-11-22-35(33)44(37)28-16-12-13-26(25-28)40-31-23-24-36-39(38(31)29-17-6-8-19-32(29)42-40)30-18-7-10-21-34(30)43(36)27-14-4-3-5-15-27/h3-25H,2H2,1H3. The zero-order chi connectivity index (χ0) is 29.2. The smallest absolute Gasteiger partial charge is 0.114 e. The molecule has 0 atom stereocenters. The first kappa shape index (κ1) is 24.8. The Hall–Kier alpha value is -5.74. The maximum atomic E-state index is 5.32. The first-order valence-corrected chi connectivity index (χ1v) is 15.2. The fraction of sp³-hybridized carbons (Fsp3) is 0.0500. The Morgan fingerprint density at radius 1 is 0.477 bits per heavy atom. The van der Waals surface area contributed by atoms with Gasteiger partial charge in [-0.25, -0.2) is 9.97 Å². The van der Waals surface area contributed by atoms with Crippen LogP contribution in [-0.2, 0) is 6.42 Å². The first-order chi connectivity index (χ1) is 21.8. The summed E-state index contributed by atoms with van der Waals surface area (Å²) < 4.78 is 4.67. The van der Waals surface area contributed by atoms with Crippen molar-refractivity contribution >= 4 is 54.5 Å². The normalized spacial score (nSPS) is 11.8. The molecule has 6 aromatic carbocycles. The molecule has 0 bridgehead atoms. The van der Waals surface area contributed by atoms with Crippen molar-refractivity contribution in [3.8, 4) is 22.6 Å². The lowest BCUT2D eigenvalue weighted by Crippen LogP contribution is -2.00. The summed E-state index contributed by atoms with van der Waals surface area (Å²) in [7, 11) is 0. The molecule has 9 aromatic rings. The summed E-state index contributed by atoms with van der Waals surface area (Å²) in [6.45, 7) is 2.16. The lowest BCUT2D eigenvalue weighted by molar-refractivity contribution is 0.908. The predicted molar refractivity (Wildman–Crippen MR) is 183 cm³/mol. The monoisotopic (exact) mass is 564 g/mol. The molecule has 9 rings (SSSR count). The van der Waals surface area contributed by atoms with Crippen LogP contribution in [0.5, 0.6) is 0 Å². The van der Waals surface area contributed by atoms with Gasteiger partial charge in [-0.15, -0.1) is 0 Å². The first-order valence-electron chi connectivity index (χ1n) is 15.2. The van der Waals surface area contributed by atoms with E-state index in [0.717, 1.165) is 62.2 Å². The maximum absolute atomic E-state index is 5.32. The van der Waals surface area contributed by atoms with Crippen molar-refractivity contribution in [1.29, 1.82) is 0 Å². The Bertz CT molecular complexity index is 2540. The molecule has 0 aliphatic rings. The minimum absolute atomic E-state index is 0.847. The second-order valence-corrected chi connectivity index (χ2v) is 11.3. The number of hydrogen-bond donors (Lipinski definition) is 0. The number of aryl methyl sites for hydroxylation is 1. The van der Waals surface area contributed by atoms with Crippen LogP contribution < -0.4 is 0 Å². The van der Waals surface area contributed by atoms with Gasteiger partial charge >= 0.3 is 0 Å². The van der Waals surface area contributed by atoms with Gasteiger partial charge in [0.05, 0.1) is 33.3 Å². The van der Waals surface area contributed by atoms with Gasteiger partial charge < -0.3 is 4.57 Å². The van der Waals surface area contributed by atoms with E-state index >= 15 is 0 Å². The van der Waals surface area contributed by atoms with E-state index in [9.17, 15) is 0 Å². The van der Waals surface area contributed by atoms with Crippen molar-refractivity contribution in [3.05, 3.63) is 145 Å². The van der Waals surface area contributed by atoms with E-state index in [1.165, 1.54) is 27.2 Å². The van der Waals surface area contributed by atoms with E-state index in [1.54, 1.807) is 0 Å². The fourth-order valence-corrected chi connectivity index (χ4v) is 6.97. The minimum Gasteiger partial charge on any atom is -0.309 e. The molecule has 0 unspecified atom stereocenters. The molecule has 0 fully saturated rings. The third-order valence-electron chi connectivity index (χ3n) is 8.84. The molecule has 3 aromatic heterocycles. The molecule has 0 N–H and O–H groups in total. The van der Waals surface area contributed by atoms with Gasteiger partial charge in [0.1, 0.15) is 5.82 Å². The van der Waals surface area contributed by atoms with Gasteiger partial charge in [-0.3, -0.25) is 4.57 Å². The molecule has 0 spiro atoms. The largest absolute Gasteiger partial charge is 0.309 e. The molecule has 0 amide bonds. The number of pyridine rings is 1. The molecule has 0 saturated carbocycles. The Kier molecular flexibility index (Phi) is 5.44. The minimum atomic E-state index is 0.847. The van der Waals surface area contributed by atoms with Gasteiger partial charge in [-0.2, -0.15) is 0 Å². The Balaban J connectivity index is 1.38. The molecule has 208 valence electrons. The summed E-state index contributed by atoms with van der Waals surface area (Å²) >= 11 is 0. The highest BCUT2D eigenvalue weighted by Gasteiger charge is 2.20. The van der Waals surface area contributed by atoms with Crippen LogP contribution in [0.3, 0.4) is 0 Å². The van der Waals surface area contributed by atoms with Crippen LogP contribution >= 0.6 is 0 Å². The van der Waals surface area contributed by atoms with Crippen LogP contribution in [0.15, 0.2) is 140 Å². The maximum Gasteiger partial charge on any atom is 0.114 e. The molecule has 0 aliphatic heterocycles. The quantitative estimate of drug-likeness (QED) is 0.199. The molecular formula is C40H28N4. The van der Waals surface area contributed by atoms with Crippen LogP contribution in [0.25, 0.3) is 77.1 Å². The molecule has 0 saturated heterocycles. The van der Waals surface area contributed by atoms with Crippen LogP contribution in [-0.4, -0.2) is 19.1 Å². The zero-order valence-corrected chi connectivity index (χ0v) is 24.3. The second kappa shape index (κ2) is 9.65. The average Bonchev–Trinajstić information content (AvgIpc) is 3.64. The third-order valence-corrected chi connectivity index (χ3v) is 8.84. The van der Waals surface area contributed by atoms with E-state index in [-0.39, 0.29) is 0 Å². The molecule has 0 radical (unpaired) electrons. The number of rotatable bonds is 4. The van der Waals surface area contributed by atoms with E-state index in [2.05, 4.69) is 156 Å². The van der Waals surface area contributed by atoms with Crippen LogP contribution in [0.2, 0.25) is 0 Å². The van der Waals surface area contributed by atoms with Crippen molar-refractivity contribution in [1.82, 2.24) is 19.1 Å². The topological polar surface area (TPSA) is 35.6 Å². The summed E-state index contributed by atoms with van der Waals surface area (Å²) in [6, 6.07) is 49.6. The molecule has 44 heavy (non-hydrogen) atoms. The van der Waals surface area contributed by atoms with Crippen molar-refractivity contribution in [3.63, 3.8) is 0 Å². The third kappa shape index (κ3) is 3.58. The highest BCUT2D eigenvalue weighted by Crippen LogP contribution is 2.42. The second-order valence-electron chi connectivity index (χ2n) is 11.3. The number of aromatic nitrogens is 4. The van der Waals surface area contributed by atoms with Gasteiger partial charge in [0, 0.05) is 50.3 Å². The van der Waals surface area contributed by atoms with Crippen LogP contribution in [0.4, 0.5) is 0 Å². The Morgan fingerprint density at radius 2 is 1.18 bits per heavy atom. The lowest BCUT2D eigenvalue weighted by Gasteiger charge is -2.14. The predicted octanol–water partition coefficient (Wildman–Crippen LogP) is 10.1. The van der Waals surface area contributed by atoms with Gasteiger partial charge in [-0.05, 0) is 54.6 Å². The molecule has 4 nitrogen and oxygen atoms in total. The Labute approximate surface area is 254 Å². The summed E-state index contributed by atoms with van der Waals surface area (Å²) in [5.41, 5.74) is 9.84. The molecular weight excluding hydrogens is 536 g/mol. The number of nitrogens with zero attached hydrogens (tertiary/aromatic N) is 4.